The van der Waals surface area contributed by atoms with Gasteiger partial charge in [0.05, 0.1) is 13.2 Å². The van der Waals surface area contributed by atoms with Gasteiger partial charge in [-0.3, -0.25) is 4.79 Å². The predicted octanol–water partition coefficient (Wildman–Crippen LogP) is -0.0325. The Labute approximate surface area is 130 Å². The molecule has 1 fully saturated rings. The average Bonchev–Trinajstić information content (AvgIpc) is 2.52. The second kappa shape index (κ2) is 7.06. The molecule has 1 N–H and O–H groups in total. The van der Waals surface area contributed by atoms with Crippen LogP contribution in [0.3, 0.4) is 0 Å². The number of pyridine rings is 1. The Kier molecular flexibility index (Phi) is 5.36. The summed E-state index contributed by atoms with van der Waals surface area (Å²) in [5.41, 5.74) is 0.880. The molecule has 1 amide bonds. The fourth-order valence-corrected chi connectivity index (χ4v) is 2.54. The normalized spacial score (nSPS) is 17.1. The van der Waals surface area contributed by atoms with Gasteiger partial charge < -0.3 is 15.0 Å². The third kappa shape index (κ3) is 4.41. The number of carbonyl (C=O) groups excluding carboxylic acids is 1. The van der Waals surface area contributed by atoms with E-state index in [0.717, 1.165) is 30.7 Å². The third-order valence-corrected chi connectivity index (χ3v) is 5.12. The van der Waals surface area contributed by atoms with Crippen molar-refractivity contribution in [2.75, 3.05) is 37.5 Å². The lowest BCUT2D eigenvalue weighted by molar-refractivity contribution is -0.120. The Morgan fingerprint density at radius 3 is 2.77 bits per heavy atom. The van der Waals surface area contributed by atoms with Gasteiger partial charge in [-0.25, -0.2) is 13.4 Å². The average molecular weight is 327 g/mol. The molecule has 0 unspecified atom stereocenters. The van der Waals surface area contributed by atoms with Gasteiger partial charge in [-0.05, 0) is 24.6 Å². The van der Waals surface area contributed by atoms with Crippen LogP contribution in [-0.4, -0.2) is 57.1 Å². The highest BCUT2D eigenvalue weighted by Gasteiger charge is 2.23. The van der Waals surface area contributed by atoms with Crippen molar-refractivity contribution in [2.24, 2.45) is 0 Å². The Bertz CT molecular complexity index is 627. The Morgan fingerprint density at radius 1 is 1.45 bits per heavy atom. The van der Waals surface area contributed by atoms with E-state index in [2.05, 4.69) is 15.2 Å². The topological polar surface area (TPSA) is 88.6 Å². The molecule has 0 saturated carbocycles. The second-order valence-electron chi connectivity index (χ2n) is 5.31. The first-order valence-electron chi connectivity index (χ1n) is 7.12. The first kappa shape index (κ1) is 16.7. The van der Waals surface area contributed by atoms with E-state index in [4.69, 9.17) is 4.74 Å². The minimum Gasteiger partial charge on any atom is -0.378 e. The van der Waals surface area contributed by atoms with Crippen molar-refractivity contribution >= 4 is 21.6 Å². The smallest absolute Gasteiger partial charge is 0.238 e. The zero-order valence-corrected chi connectivity index (χ0v) is 13.6. The fourth-order valence-electron chi connectivity index (χ4n) is 2.06. The number of anilines is 1. The first-order chi connectivity index (χ1) is 10.4. The van der Waals surface area contributed by atoms with Crippen molar-refractivity contribution in [3.05, 3.63) is 23.9 Å². The molecule has 1 aliphatic rings. The molecule has 1 saturated heterocycles. The summed E-state index contributed by atoms with van der Waals surface area (Å²) in [5.74, 6) is 0.346. The van der Waals surface area contributed by atoms with Gasteiger partial charge in [0.15, 0.2) is 9.84 Å². The van der Waals surface area contributed by atoms with Gasteiger partial charge in [0.1, 0.15) is 11.1 Å². The van der Waals surface area contributed by atoms with E-state index in [9.17, 15) is 13.2 Å². The summed E-state index contributed by atoms with van der Waals surface area (Å²) in [6, 6.07) is 3.70. The summed E-state index contributed by atoms with van der Waals surface area (Å²) >= 11 is 0. The van der Waals surface area contributed by atoms with Crippen LogP contribution < -0.4 is 10.2 Å². The summed E-state index contributed by atoms with van der Waals surface area (Å²) < 4.78 is 28.0. The van der Waals surface area contributed by atoms with Gasteiger partial charge in [0.25, 0.3) is 0 Å². The maximum absolute atomic E-state index is 11.8. The number of nitrogens with zero attached hydrogens (tertiary/aromatic N) is 2. The number of nitrogens with one attached hydrogen (secondary N) is 1. The van der Waals surface area contributed by atoms with Crippen LogP contribution in [0.1, 0.15) is 12.5 Å². The summed E-state index contributed by atoms with van der Waals surface area (Å²) in [7, 11) is -3.38. The first-order valence-corrected chi connectivity index (χ1v) is 9.07. The maximum atomic E-state index is 11.8. The molecule has 0 aromatic carbocycles. The van der Waals surface area contributed by atoms with E-state index in [1.54, 1.807) is 12.3 Å². The van der Waals surface area contributed by atoms with Gasteiger partial charge in [-0.2, -0.15) is 0 Å². The van der Waals surface area contributed by atoms with Crippen LogP contribution in [0.25, 0.3) is 0 Å². The van der Waals surface area contributed by atoms with Gasteiger partial charge in [-0.15, -0.1) is 0 Å². The van der Waals surface area contributed by atoms with Crippen molar-refractivity contribution in [3.63, 3.8) is 0 Å². The Morgan fingerprint density at radius 2 is 2.14 bits per heavy atom. The molecule has 7 nitrogen and oxygen atoms in total. The van der Waals surface area contributed by atoms with E-state index < -0.39 is 21.0 Å². The van der Waals surface area contributed by atoms with Gasteiger partial charge in [0.2, 0.25) is 5.91 Å². The third-order valence-electron chi connectivity index (χ3n) is 3.62. The molecule has 0 aliphatic carbocycles. The molecule has 1 aromatic heterocycles. The Hall–Kier alpha value is -1.67. The number of carbonyl (C=O) groups is 1. The molecule has 2 heterocycles. The molecule has 0 bridgehead atoms. The zero-order chi connectivity index (χ0) is 16.2. The van der Waals surface area contributed by atoms with E-state index in [-0.39, 0.29) is 6.54 Å². The summed E-state index contributed by atoms with van der Waals surface area (Å²) in [6.45, 7) is 4.58. The van der Waals surface area contributed by atoms with Crippen molar-refractivity contribution in [1.29, 1.82) is 0 Å². The van der Waals surface area contributed by atoms with E-state index in [1.165, 1.54) is 6.92 Å². The molecule has 8 heteroatoms. The highest BCUT2D eigenvalue weighted by Crippen LogP contribution is 2.14. The van der Waals surface area contributed by atoms with Crippen molar-refractivity contribution in [1.82, 2.24) is 10.3 Å². The molecule has 0 spiro atoms. The predicted molar refractivity (Wildman–Crippen MR) is 83.4 cm³/mol. The molecule has 1 aliphatic heterocycles. The van der Waals surface area contributed by atoms with Crippen LogP contribution in [-0.2, 0) is 25.9 Å². The molecular weight excluding hydrogens is 306 g/mol. The van der Waals surface area contributed by atoms with Crippen LogP contribution in [0.15, 0.2) is 18.3 Å². The fraction of sp³-hybridized carbons (Fsp3) is 0.571. The maximum Gasteiger partial charge on any atom is 0.238 e. The van der Waals surface area contributed by atoms with Crippen molar-refractivity contribution in [2.45, 2.75) is 18.7 Å². The quantitative estimate of drug-likeness (QED) is 0.817. The zero-order valence-electron chi connectivity index (χ0n) is 12.8. The summed E-state index contributed by atoms with van der Waals surface area (Å²) in [6.07, 6.45) is 2.74. The second-order valence-corrected chi connectivity index (χ2v) is 7.68. The van der Waals surface area contributed by atoms with Crippen LogP contribution in [0.2, 0.25) is 0 Å². The molecule has 122 valence electrons. The number of hydrogen-bond donors (Lipinski definition) is 1. The number of sulfone groups is 1. The molecule has 22 heavy (non-hydrogen) atoms. The number of ether oxygens (including phenoxy) is 1. The van der Waals surface area contributed by atoms with Crippen LogP contribution in [0.4, 0.5) is 5.82 Å². The highest BCUT2D eigenvalue weighted by molar-refractivity contribution is 7.92. The number of morpholine rings is 1. The molecule has 2 rings (SSSR count). The Balaban J connectivity index is 1.97. The minimum absolute atomic E-state index is 0.276. The molecule has 1 aromatic rings. The highest BCUT2D eigenvalue weighted by atomic mass is 32.2. The lowest BCUT2D eigenvalue weighted by atomic mass is 10.2. The van der Waals surface area contributed by atoms with Crippen molar-refractivity contribution in [3.8, 4) is 0 Å². The van der Waals surface area contributed by atoms with E-state index in [0.29, 0.717) is 13.2 Å². The summed E-state index contributed by atoms with van der Waals surface area (Å²) in [4.78, 5) is 18.3. The van der Waals surface area contributed by atoms with Crippen LogP contribution >= 0.6 is 0 Å². The van der Waals surface area contributed by atoms with Gasteiger partial charge in [0, 0.05) is 32.1 Å². The SMILES string of the molecule is C[C@H](C(=O)NCc1ccnc(N2CCOCC2)c1)S(C)(=O)=O. The van der Waals surface area contributed by atoms with E-state index >= 15 is 0 Å². The molecular formula is C14H21N3O4S. The number of aromatic nitrogens is 1. The summed E-state index contributed by atoms with van der Waals surface area (Å²) in [5, 5.41) is 1.60. The van der Waals surface area contributed by atoms with Crippen molar-refractivity contribution < 1.29 is 17.9 Å². The van der Waals surface area contributed by atoms with Crippen LogP contribution in [0, 0.1) is 0 Å². The molecule has 1 atom stereocenters. The largest absolute Gasteiger partial charge is 0.378 e. The van der Waals surface area contributed by atoms with Crippen LogP contribution in [0.5, 0.6) is 0 Å². The lowest BCUT2D eigenvalue weighted by Gasteiger charge is -2.28. The monoisotopic (exact) mass is 327 g/mol. The number of rotatable bonds is 5. The lowest BCUT2D eigenvalue weighted by Crippen LogP contribution is -2.37. The van der Waals surface area contributed by atoms with E-state index in [1.807, 2.05) is 6.07 Å². The number of amides is 1. The standard InChI is InChI=1S/C14H21N3O4S/c1-11(22(2,19)20)14(18)16-10-12-3-4-15-13(9-12)17-5-7-21-8-6-17/h3-4,9,11H,5-8,10H2,1-2H3,(H,16,18)/t11-/m1/s1. The van der Waals surface area contributed by atoms with Gasteiger partial charge in [-0.1, -0.05) is 0 Å². The van der Waals surface area contributed by atoms with Gasteiger partial charge >= 0.3 is 0 Å². The molecule has 0 radical (unpaired) electrons. The number of hydrogen-bond acceptors (Lipinski definition) is 6. The minimum atomic E-state index is -3.38.